The highest BCUT2D eigenvalue weighted by molar-refractivity contribution is 5.80. The van der Waals surface area contributed by atoms with Crippen molar-refractivity contribution in [2.75, 3.05) is 27.3 Å². The molecular weight excluding hydrogens is 318 g/mol. The van der Waals surface area contributed by atoms with Crippen LogP contribution in [0.1, 0.15) is 6.42 Å². The lowest BCUT2D eigenvalue weighted by Gasteiger charge is -2.22. The molecule has 23 heavy (non-hydrogen) atoms. The summed E-state index contributed by atoms with van der Waals surface area (Å²) < 4.78 is 9.74. The Balaban J connectivity index is 0.000000422. The molecule has 1 saturated heterocycles. The second kappa shape index (κ2) is 9.37. The van der Waals surface area contributed by atoms with Crippen molar-refractivity contribution < 1.29 is 49.4 Å². The molecule has 0 amide bonds. The first-order valence-electron chi connectivity index (χ1n) is 6.47. The summed E-state index contributed by atoms with van der Waals surface area (Å²) in [6.45, 7) is 1.36. The van der Waals surface area contributed by atoms with Crippen molar-refractivity contribution >= 4 is 17.9 Å². The summed E-state index contributed by atoms with van der Waals surface area (Å²) in [6, 6.07) is 0. The highest BCUT2D eigenvalue weighted by Crippen LogP contribution is 2.19. The van der Waals surface area contributed by atoms with Gasteiger partial charge in [0.25, 0.3) is 0 Å². The normalized spacial score (nSPS) is 23.9. The summed E-state index contributed by atoms with van der Waals surface area (Å²) in [5.41, 5.74) is -0.727. The van der Waals surface area contributed by atoms with E-state index in [1.807, 2.05) is 0 Å². The number of aliphatic hydroxyl groups is 3. The molecule has 0 radical (unpaired) electrons. The second-order valence-corrected chi connectivity index (χ2v) is 4.67. The van der Waals surface area contributed by atoms with E-state index in [1.165, 1.54) is 14.2 Å². The molecule has 11 heteroatoms. The fourth-order valence-electron chi connectivity index (χ4n) is 1.75. The fraction of sp³-hybridized carbons (Fsp3) is 0.750. The number of hydrogen-bond donors (Lipinski definition) is 6. The van der Waals surface area contributed by atoms with E-state index < -0.39 is 35.9 Å². The predicted octanol–water partition coefficient (Wildman–Crippen LogP) is -3.22. The summed E-state index contributed by atoms with van der Waals surface area (Å²) in [6.07, 6.45) is -6.16. The average molecular weight is 339 g/mol. The van der Waals surface area contributed by atoms with Crippen LogP contribution in [0.2, 0.25) is 0 Å². The lowest BCUT2D eigenvalue weighted by molar-refractivity contribution is -0.167. The third-order valence-corrected chi connectivity index (χ3v) is 3.22. The molecule has 0 aromatic heterocycles. The number of aliphatic hydroxyl groups excluding tert-OH is 3. The average Bonchev–Trinajstić information content (AvgIpc) is 3.02. The Morgan fingerprint density at radius 1 is 1.04 bits per heavy atom. The van der Waals surface area contributed by atoms with Crippen LogP contribution in [0.5, 0.6) is 0 Å². The van der Waals surface area contributed by atoms with Crippen LogP contribution in [0.15, 0.2) is 0 Å². The Kier molecular flexibility index (Phi) is 8.64. The lowest BCUT2D eigenvalue weighted by Crippen LogP contribution is -2.45. The number of methoxy groups -OCH3 is 2. The summed E-state index contributed by atoms with van der Waals surface area (Å²) in [5, 5.41) is 44.9. The number of aliphatic carboxylic acids is 2. The van der Waals surface area contributed by atoms with Crippen LogP contribution in [0.3, 0.4) is 0 Å². The standard InChI is InChI=1S/C7H13NO3.C5H8O7/c1-10-6(9)7(11-2)3-4-8-5-7;6-1(2(7)4(9)10)3(8)5(11)12/h8H,3-5H2,1-2H3;1-3,6-8H,(H,9,10)(H,11,12). The maximum absolute atomic E-state index is 11.2. The predicted molar refractivity (Wildman–Crippen MR) is 72.5 cm³/mol. The highest BCUT2D eigenvalue weighted by atomic mass is 16.6. The van der Waals surface area contributed by atoms with Crippen molar-refractivity contribution in [3.8, 4) is 0 Å². The molecule has 1 aliphatic rings. The molecule has 134 valence electrons. The molecule has 0 aromatic rings. The number of nitrogens with one attached hydrogen (secondary N) is 1. The number of rotatable bonds is 6. The molecule has 0 saturated carbocycles. The minimum Gasteiger partial charge on any atom is -0.479 e. The van der Waals surface area contributed by atoms with Crippen molar-refractivity contribution in [1.82, 2.24) is 5.32 Å². The zero-order valence-electron chi connectivity index (χ0n) is 12.6. The zero-order valence-corrected chi connectivity index (χ0v) is 12.6. The number of carbonyl (C=O) groups is 3. The topological polar surface area (TPSA) is 183 Å². The van der Waals surface area contributed by atoms with Crippen LogP contribution in [0.4, 0.5) is 0 Å². The fourth-order valence-corrected chi connectivity index (χ4v) is 1.75. The first-order chi connectivity index (χ1) is 10.6. The Labute approximate surface area is 131 Å². The molecule has 0 bridgehead atoms. The van der Waals surface area contributed by atoms with Gasteiger partial charge >= 0.3 is 17.9 Å². The molecule has 0 spiro atoms. The Hall–Kier alpha value is -1.79. The molecule has 1 rings (SSSR count). The summed E-state index contributed by atoms with van der Waals surface area (Å²) in [5.74, 6) is -3.89. The molecular formula is C12H21NO10. The van der Waals surface area contributed by atoms with E-state index in [-0.39, 0.29) is 5.97 Å². The third-order valence-electron chi connectivity index (χ3n) is 3.22. The number of carboxylic acids is 2. The molecule has 1 aliphatic heterocycles. The number of carbonyl (C=O) groups excluding carboxylic acids is 1. The lowest BCUT2D eigenvalue weighted by atomic mass is 10.0. The molecule has 6 N–H and O–H groups in total. The van der Waals surface area contributed by atoms with Crippen LogP contribution in [-0.4, -0.2) is 94.7 Å². The van der Waals surface area contributed by atoms with Crippen molar-refractivity contribution in [2.45, 2.75) is 30.3 Å². The van der Waals surface area contributed by atoms with E-state index >= 15 is 0 Å². The third kappa shape index (κ3) is 5.73. The summed E-state index contributed by atoms with van der Waals surface area (Å²) in [4.78, 5) is 31.1. The number of esters is 1. The van der Waals surface area contributed by atoms with E-state index in [9.17, 15) is 14.4 Å². The Morgan fingerprint density at radius 3 is 1.78 bits per heavy atom. The number of carboxylic acid groups (broad SMARTS) is 2. The van der Waals surface area contributed by atoms with Gasteiger partial charge in [-0.15, -0.1) is 0 Å². The minimum atomic E-state index is -2.31. The first kappa shape index (κ1) is 21.2. The van der Waals surface area contributed by atoms with Gasteiger partial charge in [-0.1, -0.05) is 0 Å². The molecule has 3 atom stereocenters. The first-order valence-corrected chi connectivity index (χ1v) is 6.47. The van der Waals surface area contributed by atoms with Gasteiger partial charge in [-0.2, -0.15) is 0 Å². The van der Waals surface area contributed by atoms with Crippen LogP contribution in [0.25, 0.3) is 0 Å². The Bertz CT molecular complexity index is 400. The van der Waals surface area contributed by atoms with Gasteiger partial charge in [-0.05, 0) is 6.54 Å². The zero-order chi connectivity index (χ0) is 18.2. The van der Waals surface area contributed by atoms with Gasteiger partial charge in [0.15, 0.2) is 17.8 Å². The summed E-state index contributed by atoms with van der Waals surface area (Å²) >= 11 is 0. The molecule has 1 fully saturated rings. The molecule has 3 unspecified atom stereocenters. The quantitative estimate of drug-likeness (QED) is 0.268. The van der Waals surface area contributed by atoms with Crippen molar-refractivity contribution in [1.29, 1.82) is 0 Å². The monoisotopic (exact) mass is 339 g/mol. The van der Waals surface area contributed by atoms with Crippen LogP contribution < -0.4 is 5.32 Å². The molecule has 11 nitrogen and oxygen atoms in total. The Morgan fingerprint density at radius 2 is 1.52 bits per heavy atom. The van der Waals surface area contributed by atoms with E-state index in [1.54, 1.807) is 0 Å². The van der Waals surface area contributed by atoms with Crippen molar-refractivity contribution in [3.05, 3.63) is 0 Å². The maximum atomic E-state index is 11.2. The van der Waals surface area contributed by atoms with Gasteiger partial charge in [-0.25, -0.2) is 14.4 Å². The van der Waals surface area contributed by atoms with Gasteiger partial charge < -0.3 is 40.3 Å². The van der Waals surface area contributed by atoms with E-state index in [4.69, 9.17) is 30.3 Å². The van der Waals surface area contributed by atoms with Crippen LogP contribution in [-0.2, 0) is 23.9 Å². The van der Waals surface area contributed by atoms with E-state index in [0.717, 1.165) is 6.54 Å². The van der Waals surface area contributed by atoms with E-state index in [0.29, 0.717) is 13.0 Å². The van der Waals surface area contributed by atoms with Gasteiger partial charge in [0.1, 0.15) is 6.10 Å². The largest absolute Gasteiger partial charge is 0.479 e. The number of hydrogen-bond acceptors (Lipinski definition) is 9. The second-order valence-electron chi connectivity index (χ2n) is 4.67. The van der Waals surface area contributed by atoms with Crippen LogP contribution >= 0.6 is 0 Å². The SMILES string of the molecule is COC(=O)C1(OC)CCNC1.O=C(O)C(O)C(O)C(O)C(=O)O. The minimum absolute atomic E-state index is 0.287. The number of ether oxygens (including phenoxy) is 2. The summed E-state index contributed by atoms with van der Waals surface area (Å²) in [7, 11) is 2.91. The maximum Gasteiger partial charge on any atom is 0.339 e. The van der Waals surface area contributed by atoms with Gasteiger partial charge in [-0.3, -0.25) is 0 Å². The molecule has 1 heterocycles. The van der Waals surface area contributed by atoms with Gasteiger partial charge in [0.2, 0.25) is 0 Å². The van der Waals surface area contributed by atoms with E-state index in [2.05, 4.69) is 10.1 Å². The van der Waals surface area contributed by atoms with Crippen molar-refractivity contribution in [2.24, 2.45) is 0 Å². The molecule has 0 aromatic carbocycles. The smallest absolute Gasteiger partial charge is 0.339 e. The van der Waals surface area contributed by atoms with Gasteiger partial charge in [0, 0.05) is 20.1 Å². The van der Waals surface area contributed by atoms with Crippen LogP contribution in [0, 0.1) is 0 Å². The molecule has 0 aliphatic carbocycles. The van der Waals surface area contributed by atoms with Gasteiger partial charge in [0.05, 0.1) is 7.11 Å². The highest BCUT2D eigenvalue weighted by Gasteiger charge is 2.42. The van der Waals surface area contributed by atoms with Crippen molar-refractivity contribution in [3.63, 3.8) is 0 Å².